The second kappa shape index (κ2) is 10.7. The number of nitrogens with one attached hydrogen (secondary N) is 1. The Morgan fingerprint density at radius 2 is 1.76 bits per heavy atom. The molecule has 5 rings (SSSR count). The summed E-state index contributed by atoms with van der Waals surface area (Å²) in [6.07, 6.45) is 4.98. The lowest BCUT2D eigenvalue weighted by Gasteiger charge is -2.34. The van der Waals surface area contributed by atoms with Gasteiger partial charge in [0.1, 0.15) is 5.82 Å². The van der Waals surface area contributed by atoms with Crippen LogP contribution in [0.3, 0.4) is 0 Å². The second-order valence-electron chi connectivity index (χ2n) is 10.2. The molecule has 0 spiro atoms. The van der Waals surface area contributed by atoms with Gasteiger partial charge in [-0.25, -0.2) is 17.8 Å². The maximum Gasteiger partial charge on any atom is 0.416 e. The molecule has 38 heavy (non-hydrogen) atoms. The lowest BCUT2D eigenvalue weighted by Crippen LogP contribution is -2.43. The molecule has 0 radical (unpaired) electrons. The van der Waals surface area contributed by atoms with Crippen LogP contribution in [0.25, 0.3) is 0 Å². The summed E-state index contributed by atoms with van der Waals surface area (Å²) in [5, 5.41) is 0. The number of imidazole rings is 1. The van der Waals surface area contributed by atoms with Crippen molar-refractivity contribution in [3.63, 3.8) is 0 Å². The van der Waals surface area contributed by atoms with Crippen LogP contribution in [-0.2, 0) is 29.3 Å². The molecule has 3 aromatic rings. The van der Waals surface area contributed by atoms with E-state index in [2.05, 4.69) is 9.97 Å². The number of alkyl halides is 3. The molecule has 1 aliphatic carbocycles. The molecule has 0 unspecified atom stereocenters. The Labute approximate surface area is 219 Å². The van der Waals surface area contributed by atoms with Crippen LogP contribution in [0, 0.1) is 11.7 Å². The van der Waals surface area contributed by atoms with E-state index in [1.807, 2.05) is 4.90 Å². The first kappa shape index (κ1) is 26.7. The summed E-state index contributed by atoms with van der Waals surface area (Å²) >= 11 is 0. The van der Waals surface area contributed by atoms with Crippen molar-refractivity contribution < 1.29 is 26.0 Å². The van der Waals surface area contributed by atoms with Crippen LogP contribution < -0.4 is 4.90 Å². The molecule has 1 fully saturated rings. The number of H-pyrrole nitrogens is 1. The van der Waals surface area contributed by atoms with E-state index in [1.165, 1.54) is 29.3 Å². The first-order valence-electron chi connectivity index (χ1n) is 12.8. The predicted octanol–water partition coefficient (Wildman–Crippen LogP) is 6.12. The number of halogens is 4. The number of anilines is 1. The average Bonchev–Trinajstić information content (AvgIpc) is 3.57. The zero-order valence-electron chi connectivity index (χ0n) is 20.8. The van der Waals surface area contributed by atoms with Crippen LogP contribution in [-0.4, -0.2) is 35.3 Å². The molecule has 11 heteroatoms. The minimum atomic E-state index is -4.56. The van der Waals surface area contributed by atoms with Crippen molar-refractivity contribution in [2.75, 3.05) is 11.4 Å². The van der Waals surface area contributed by atoms with Gasteiger partial charge in [-0.15, -0.1) is 0 Å². The summed E-state index contributed by atoms with van der Waals surface area (Å²) in [5.74, 6) is 0.145. The van der Waals surface area contributed by atoms with Crippen molar-refractivity contribution in [3.05, 3.63) is 77.6 Å². The molecular weight excluding hydrogens is 520 g/mol. The number of aromatic nitrogens is 2. The number of sulfonamides is 1. The molecule has 0 saturated heterocycles. The van der Waals surface area contributed by atoms with Crippen molar-refractivity contribution >= 4 is 15.7 Å². The summed E-state index contributed by atoms with van der Waals surface area (Å²) < 4.78 is 82.5. The molecule has 1 saturated carbocycles. The third-order valence-corrected chi connectivity index (χ3v) is 9.48. The Morgan fingerprint density at radius 3 is 2.42 bits per heavy atom. The topological polar surface area (TPSA) is 69.3 Å². The largest absolute Gasteiger partial charge is 0.416 e. The van der Waals surface area contributed by atoms with E-state index in [0.29, 0.717) is 30.1 Å². The zero-order chi connectivity index (χ0) is 26.9. The van der Waals surface area contributed by atoms with Crippen molar-refractivity contribution in [2.45, 2.75) is 68.7 Å². The maximum absolute atomic E-state index is 14.5. The van der Waals surface area contributed by atoms with Crippen molar-refractivity contribution in [1.29, 1.82) is 0 Å². The highest BCUT2D eigenvalue weighted by atomic mass is 32.2. The highest BCUT2D eigenvalue weighted by molar-refractivity contribution is 7.89. The highest BCUT2D eigenvalue weighted by Gasteiger charge is 2.36. The first-order chi connectivity index (χ1) is 18.1. The minimum Gasteiger partial charge on any atom is -0.361 e. The zero-order valence-corrected chi connectivity index (χ0v) is 21.6. The van der Waals surface area contributed by atoms with Gasteiger partial charge in [0, 0.05) is 31.0 Å². The normalized spacial score (nSPS) is 19.5. The summed E-state index contributed by atoms with van der Waals surface area (Å²) in [6.45, 7) is 0.499. The lowest BCUT2D eigenvalue weighted by molar-refractivity contribution is -0.137. The van der Waals surface area contributed by atoms with Crippen LogP contribution in [0.1, 0.15) is 55.3 Å². The molecule has 1 aliphatic heterocycles. The van der Waals surface area contributed by atoms with E-state index in [0.717, 1.165) is 49.2 Å². The fourth-order valence-electron chi connectivity index (χ4n) is 5.61. The molecule has 204 valence electrons. The molecule has 0 amide bonds. The third kappa shape index (κ3) is 5.73. The SMILES string of the molecule is O=S(=O)(c1ccc(C(F)(F)F)cc1)N1Cc2ccc(F)cc2N(Cc2cnc[nH]2)[C@@H](CCC2CCCC2)C1. The number of hydrogen-bond donors (Lipinski definition) is 1. The molecule has 1 N–H and O–H groups in total. The van der Waals surface area contributed by atoms with Crippen LogP contribution in [0.5, 0.6) is 0 Å². The van der Waals surface area contributed by atoms with Gasteiger partial charge in [-0.3, -0.25) is 0 Å². The average molecular weight is 551 g/mol. The first-order valence-corrected chi connectivity index (χ1v) is 14.2. The van der Waals surface area contributed by atoms with E-state index in [9.17, 15) is 26.0 Å². The van der Waals surface area contributed by atoms with Crippen molar-refractivity contribution in [1.82, 2.24) is 14.3 Å². The standard InChI is InChI=1S/C27H30F4N4O2S/c28-22-9-6-20-15-34(38(36,37)25-11-7-21(8-12-25)27(29,30)31)17-24(10-5-19-3-1-2-4-19)35(26(20)13-22)16-23-14-32-18-33-23/h6-9,11-14,18-19,24H,1-5,10,15-17H2,(H,32,33)/t24-/m0/s1. The number of rotatable bonds is 7. The molecule has 2 heterocycles. The summed E-state index contributed by atoms with van der Waals surface area (Å²) in [6, 6.07) is 7.63. The van der Waals surface area contributed by atoms with Crippen LogP contribution in [0.2, 0.25) is 0 Å². The molecule has 6 nitrogen and oxygen atoms in total. The smallest absolute Gasteiger partial charge is 0.361 e. The van der Waals surface area contributed by atoms with Gasteiger partial charge >= 0.3 is 6.18 Å². The molecule has 2 aromatic carbocycles. The Balaban J connectivity index is 1.52. The fourth-order valence-corrected chi connectivity index (χ4v) is 7.07. The summed E-state index contributed by atoms with van der Waals surface area (Å²) in [5.41, 5.74) is 1.14. The summed E-state index contributed by atoms with van der Waals surface area (Å²) in [7, 11) is -4.13. The Morgan fingerprint density at radius 1 is 1.03 bits per heavy atom. The van der Waals surface area contributed by atoms with Crippen LogP contribution in [0.15, 0.2) is 59.9 Å². The van der Waals surface area contributed by atoms with Crippen molar-refractivity contribution in [2.24, 2.45) is 5.92 Å². The number of aromatic amines is 1. The monoisotopic (exact) mass is 550 g/mol. The van der Waals surface area contributed by atoms with Gasteiger partial charge in [-0.2, -0.15) is 17.5 Å². The fraction of sp³-hybridized carbons (Fsp3) is 0.444. The molecule has 2 aliphatic rings. The van der Waals surface area contributed by atoms with Crippen LogP contribution >= 0.6 is 0 Å². The summed E-state index contributed by atoms with van der Waals surface area (Å²) in [4.78, 5) is 9.02. The lowest BCUT2D eigenvalue weighted by atomic mass is 9.97. The van der Waals surface area contributed by atoms with Gasteiger partial charge in [0.25, 0.3) is 0 Å². The van der Waals surface area contributed by atoms with Crippen molar-refractivity contribution in [3.8, 4) is 0 Å². The third-order valence-electron chi connectivity index (χ3n) is 7.66. The minimum absolute atomic E-state index is 0.0155. The van der Waals surface area contributed by atoms with Gasteiger partial charge < -0.3 is 9.88 Å². The molecule has 0 bridgehead atoms. The predicted molar refractivity (Wildman–Crippen MR) is 135 cm³/mol. The van der Waals surface area contributed by atoms with E-state index in [1.54, 1.807) is 18.6 Å². The maximum atomic E-state index is 14.5. The Hall–Kier alpha value is -2.92. The van der Waals surface area contributed by atoms with E-state index < -0.39 is 27.6 Å². The molecule has 1 atom stereocenters. The van der Waals surface area contributed by atoms with E-state index >= 15 is 0 Å². The molecular formula is C27H30F4N4O2S. The Bertz CT molecular complexity index is 1340. The second-order valence-corrected chi connectivity index (χ2v) is 12.1. The van der Waals surface area contributed by atoms with E-state index in [-0.39, 0.29) is 24.0 Å². The number of nitrogens with zero attached hydrogens (tertiary/aromatic N) is 3. The number of benzene rings is 2. The Kier molecular flexibility index (Phi) is 7.50. The van der Waals surface area contributed by atoms with Gasteiger partial charge in [0.05, 0.1) is 29.0 Å². The quantitative estimate of drug-likeness (QED) is 0.360. The number of fused-ring (bicyclic) bond motifs is 1. The van der Waals surface area contributed by atoms with Gasteiger partial charge in [0.15, 0.2) is 0 Å². The van der Waals surface area contributed by atoms with Gasteiger partial charge in [-0.05, 0) is 60.7 Å². The highest BCUT2D eigenvalue weighted by Crippen LogP contribution is 2.37. The number of hydrogen-bond acceptors (Lipinski definition) is 4. The molecule has 1 aromatic heterocycles. The van der Waals surface area contributed by atoms with E-state index in [4.69, 9.17) is 0 Å². The van der Waals surface area contributed by atoms with Gasteiger partial charge in [0.2, 0.25) is 10.0 Å². The van der Waals surface area contributed by atoms with Crippen LogP contribution in [0.4, 0.5) is 23.2 Å². The van der Waals surface area contributed by atoms with Gasteiger partial charge in [-0.1, -0.05) is 31.7 Å².